The van der Waals surface area contributed by atoms with E-state index in [1.54, 1.807) is 29.2 Å². The van der Waals surface area contributed by atoms with Gasteiger partial charge in [-0.1, -0.05) is 59.6 Å². The molecule has 0 aliphatic carbocycles. The molecule has 6 nitrogen and oxygen atoms in total. The van der Waals surface area contributed by atoms with Gasteiger partial charge < -0.3 is 4.90 Å². The molecule has 1 amide bonds. The molecular weight excluding hydrogens is 366 g/mol. The van der Waals surface area contributed by atoms with E-state index in [0.717, 1.165) is 11.1 Å². The molecule has 2 aromatic rings. The fourth-order valence-electron chi connectivity index (χ4n) is 4.40. The van der Waals surface area contributed by atoms with Crippen LogP contribution in [0.4, 0.5) is 0 Å². The van der Waals surface area contributed by atoms with Gasteiger partial charge in [-0.05, 0) is 24.1 Å². The number of carbonyl (C=O) groups excluding carboxylic acids is 1. The summed E-state index contributed by atoms with van der Waals surface area (Å²) < 4.78 is 0. The summed E-state index contributed by atoms with van der Waals surface area (Å²) >= 11 is 6.36. The summed E-state index contributed by atoms with van der Waals surface area (Å²) in [7, 11) is 0. The number of hydrogen-bond acceptors (Lipinski definition) is 4. The Balaban J connectivity index is 1.86. The monoisotopic (exact) mass is 385 g/mol. The van der Waals surface area contributed by atoms with Gasteiger partial charge >= 0.3 is 0 Å². The molecule has 3 atom stereocenters. The molecule has 2 aliphatic heterocycles. The van der Waals surface area contributed by atoms with Crippen LogP contribution in [0.2, 0.25) is 5.02 Å². The van der Waals surface area contributed by atoms with Crippen LogP contribution in [0.3, 0.4) is 0 Å². The van der Waals surface area contributed by atoms with E-state index in [1.807, 2.05) is 31.2 Å². The molecule has 27 heavy (non-hydrogen) atoms. The van der Waals surface area contributed by atoms with Crippen LogP contribution in [0.5, 0.6) is 0 Å². The number of hydrogen-bond donors (Lipinski definition) is 1. The highest BCUT2D eigenvalue weighted by atomic mass is 35.5. The lowest BCUT2D eigenvalue weighted by molar-refractivity contribution is -0.516. The Morgan fingerprint density at radius 1 is 1.22 bits per heavy atom. The van der Waals surface area contributed by atoms with Gasteiger partial charge in [0.1, 0.15) is 5.66 Å². The number of halogens is 1. The first-order chi connectivity index (χ1) is 12.9. The van der Waals surface area contributed by atoms with Crippen molar-refractivity contribution >= 4 is 17.5 Å². The van der Waals surface area contributed by atoms with Gasteiger partial charge in [0.05, 0.1) is 5.92 Å². The lowest BCUT2D eigenvalue weighted by Gasteiger charge is -2.46. The predicted molar refractivity (Wildman–Crippen MR) is 102 cm³/mol. The van der Waals surface area contributed by atoms with Crippen molar-refractivity contribution in [2.75, 3.05) is 13.1 Å². The molecule has 2 aliphatic rings. The summed E-state index contributed by atoms with van der Waals surface area (Å²) in [4.78, 5) is 26.2. The van der Waals surface area contributed by atoms with Crippen LogP contribution in [0.25, 0.3) is 0 Å². The van der Waals surface area contributed by atoms with Crippen LogP contribution in [-0.2, 0) is 10.5 Å². The van der Waals surface area contributed by atoms with Crippen LogP contribution >= 0.6 is 11.6 Å². The maximum absolute atomic E-state index is 13.2. The molecule has 3 unspecified atom stereocenters. The molecule has 0 bridgehead atoms. The Morgan fingerprint density at radius 3 is 2.59 bits per heavy atom. The van der Waals surface area contributed by atoms with E-state index in [0.29, 0.717) is 30.1 Å². The number of benzene rings is 2. The first-order valence-corrected chi connectivity index (χ1v) is 9.33. The Morgan fingerprint density at radius 2 is 1.93 bits per heavy atom. The van der Waals surface area contributed by atoms with E-state index >= 15 is 0 Å². The molecule has 0 saturated carbocycles. The standard InChI is InChI=1S/C20H20ClN3O3/c1-13-6-8-14(9-7-13)20-12-16(15-4-2-3-5-17(15)21)18(24(26)27)19(25)23(20)11-10-22-20/h2-9,16,18,22H,10-12H2,1H3. The highest BCUT2D eigenvalue weighted by molar-refractivity contribution is 6.31. The van der Waals surface area contributed by atoms with Crippen molar-refractivity contribution in [3.05, 3.63) is 80.4 Å². The molecule has 0 aromatic heterocycles. The first-order valence-electron chi connectivity index (χ1n) is 8.95. The minimum Gasteiger partial charge on any atom is -0.313 e. The number of nitrogens with one attached hydrogen (secondary N) is 1. The topological polar surface area (TPSA) is 75.5 Å². The summed E-state index contributed by atoms with van der Waals surface area (Å²) in [5, 5.41) is 15.7. The smallest absolute Gasteiger partial charge is 0.299 e. The van der Waals surface area contributed by atoms with Gasteiger partial charge in [-0.2, -0.15) is 0 Å². The molecule has 2 aromatic carbocycles. The Bertz CT molecular complexity index is 902. The third-order valence-electron chi connectivity index (χ3n) is 5.69. The lowest BCUT2D eigenvalue weighted by Crippen LogP contribution is -2.62. The molecule has 1 N–H and O–H groups in total. The number of nitrogens with zero attached hydrogens (tertiary/aromatic N) is 2. The summed E-state index contributed by atoms with van der Waals surface area (Å²) in [6, 6.07) is 13.7. The number of aryl methyl sites for hydroxylation is 1. The largest absolute Gasteiger partial charge is 0.313 e. The fourth-order valence-corrected chi connectivity index (χ4v) is 4.68. The third-order valence-corrected chi connectivity index (χ3v) is 6.03. The second-order valence-corrected chi connectivity index (χ2v) is 7.61. The normalized spacial score (nSPS) is 27.5. The van der Waals surface area contributed by atoms with Crippen molar-refractivity contribution in [2.24, 2.45) is 0 Å². The number of rotatable bonds is 3. The maximum Gasteiger partial charge on any atom is 0.299 e. The molecule has 0 radical (unpaired) electrons. The zero-order valence-electron chi connectivity index (χ0n) is 14.9. The van der Waals surface area contributed by atoms with Gasteiger partial charge in [0, 0.05) is 29.5 Å². The predicted octanol–water partition coefficient (Wildman–Crippen LogP) is 3.07. The third kappa shape index (κ3) is 2.80. The minimum absolute atomic E-state index is 0.400. The Kier molecular flexibility index (Phi) is 4.40. The maximum atomic E-state index is 13.2. The van der Waals surface area contributed by atoms with Crippen LogP contribution in [-0.4, -0.2) is 34.9 Å². The van der Waals surface area contributed by atoms with Gasteiger partial charge in [0.15, 0.2) is 0 Å². The molecule has 140 valence electrons. The van der Waals surface area contributed by atoms with Crippen molar-refractivity contribution in [2.45, 2.75) is 31.0 Å². The number of amides is 1. The van der Waals surface area contributed by atoms with Crippen LogP contribution in [0, 0.1) is 17.0 Å². The lowest BCUT2D eigenvalue weighted by atomic mass is 9.76. The fraction of sp³-hybridized carbons (Fsp3) is 0.350. The number of nitro groups is 1. The molecule has 2 saturated heterocycles. The van der Waals surface area contributed by atoms with Crippen molar-refractivity contribution in [1.29, 1.82) is 0 Å². The summed E-state index contributed by atoms with van der Waals surface area (Å²) in [5.41, 5.74) is 1.96. The molecule has 7 heteroatoms. The van der Waals surface area contributed by atoms with E-state index in [-0.39, 0.29) is 0 Å². The van der Waals surface area contributed by atoms with Gasteiger partial charge in [0.2, 0.25) is 0 Å². The molecule has 2 fully saturated rings. The highest BCUT2D eigenvalue weighted by Gasteiger charge is 2.59. The van der Waals surface area contributed by atoms with Gasteiger partial charge in [-0.3, -0.25) is 20.2 Å². The average Bonchev–Trinajstić information content (AvgIpc) is 3.07. The highest BCUT2D eigenvalue weighted by Crippen LogP contribution is 2.46. The molecule has 4 rings (SSSR count). The number of fused-ring (bicyclic) bond motifs is 1. The van der Waals surface area contributed by atoms with Crippen LogP contribution in [0.15, 0.2) is 48.5 Å². The van der Waals surface area contributed by atoms with Crippen molar-refractivity contribution in [3.8, 4) is 0 Å². The summed E-state index contributed by atoms with van der Waals surface area (Å²) in [6.07, 6.45) is 0.400. The second-order valence-electron chi connectivity index (χ2n) is 7.21. The molecular formula is C20H20ClN3O3. The summed E-state index contributed by atoms with van der Waals surface area (Å²) in [5.74, 6) is -1.06. The quantitative estimate of drug-likeness (QED) is 0.650. The van der Waals surface area contributed by atoms with E-state index in [1.165, 1.54) is 0 Å². The van der Waals surface area contributed by atoms with Crippen molar-refractivity contribution < 1.29 is 9.72 Å². The second kappa shape index (κ2) is 6.62. The first kappa shape index (κ1) is 17.9. The SMILES string of the molecule is Cc1ccc(C23CC(c4ccccc4Cl)C([N+](=O)[O-])C(=O)N2CCN3)cc1. The minimum atomic E-state index is -1.33. The van der Waals surface area contributed by atoms with Crippen LogP contribution in [0.1, 0.15) is 29.0 Å². The Hall–Kier alpha value is -2.44. The van der Waals surface area contributed by atoms with E-state index in [4.69, 9.17) is 11.6 Å². The molecule has 0 spiro atoms. The van der Waals surface area contributed by atoms with E-state index in [2.05, 4.69) is 5.32 Å². The van der Waals surface area contributed by atoms with E-state index in [9.17, 15) is 14.9 Å². The van der Waals surface area contributed by atoms with E-state index < -0.39 is 28.5 Å². The van der Waals surface area contributed by atoms with Crippen molar-refractivity contribution in [3.63, 3.8) is 0 Å². The zero-order chi connectivity index (χ0) is 19.2. The number of piperidine rings is 1. The van der Waals surface area contributed by atoms with Gasteiger partial charge in [-0.15, -0.1) is 0 Å². The Labute approximate surface area is 162 Å². The van der Waals surface area contributed by atoms with Gasteiger partial charge in [0.25, 0.3) is 11.9 Å². The van der Waals surface area contributed by atoms with Crippen LogP contribution < -0.4 is 5.32 Å². The number of carbonyl (C=O) groups is 1. The molecule has 2 heterocycles. The van der Waals surface area contributed by atoms with Gasteiger partial charge in [-0.25, -0.2) is 0 Å². The summed E-state index contributed by atoms with van der Waals surface area (Å²) in [6.45, 7) is 3.05. The average molecular weight is 386 g/mol. The zero-order valence-corrected chi connectivity index (χ0v) is 15.6. The van der Waals surface area contributed by atoms with Crippen molar-refractivity contribution in [1.82, 2.24) is 10.2 Å².